The van der Waals surface area contributed by atoms with Crippen molar-refractivity contribution in [3.8, 4) is 17.6 Å². The molecule has 2 aliphatic rings. The van der Waals surface area contributed by atoms with E-state index in [1.54, 1.807) is 19.1 Å². The average molecular weight is 496 g/mol. The van der Waals surface area contributed by atoms with E-state index in [-0.39, 0.29) is 36.3 Å². The minimum atomic E-state index is -0.241. The number of hydrogen-bond donors (Lipinski definition) is 0. The third-order valence-electron chi connectivity index (χ3n) is 6.79. The SMILES string of the molecule is CCOC(=O)C[C@H]1C[C@@H](C#N)CN1c1ccc(OC2CCN(c3cc(OCC)ccc3F)CC2)cc1. The quantitative estimate of drug-likeness (QED) is 0.456. The first kappa shape index (κ1) is 25.6. The van der Waals surface area contributed by atoms with Gasteiger partial charge in [-0.15, -0.1) is 0 Å². The zero-order valence-corrected chi connectivity index (χ0v) is 21.0. The molecule has 2 aromatic rings. The number of rotatable bonds is 9. The fourth-order valence-corrected chi connectivity index (χ4v) is 5.05. The monoisotopic (exact) mass is 495 g/mol. The van der Waals surface area contributed by atoms with Gasteiger partial charge in [0.05, 0.1) is 37.3 Å². The van der Waals surface area contributed by atoms with E-state index in [9.17, 15) is 14.4 Å². The maximum absolute atomic E-state index is 14.4. The van der Waals surface area contributed by atoms with Crippen molar-refractivity contribution in [2.45, 2.75) is 51.7 Å². The highest BCUT2D eigenvalue weighted by molar-refractivity contribution is 5.71. The van der Waals surface area contributed by atoms with Gasteiger partial charge < -0.3 is 24.0 Å². The van der Waals surface area contributed by atoms with Crippen LogP contribution in [0.5, 0.6) is 11.5 Å². The molecule has 2 fully saturated rings. The van der Waals surface area contributed by atoms with Crippen molar-refractivity contribution in [1.29, 1.82) is 5.26 Å². The number of anilines is 2. The number of carbonyl (C=O) groups excluding carboxylic acids is 1. The highest BCUT2D eigenvalue weighted by Crippen LogP contribution is 2.33. The zero-order valence-electron chi connectivity index (χ0n) is 21.0. The summed E-state index contributed by atoms with van der Waals surface area (Å²) < 4.78 is 31.3. The Morgan fingerprint density at radius 1 is 1.08 bits per heavy atom. The molecule has 36 heavy (non-hydrogen) atoms. The molecular weight excluding hydrogens is 461 g/mol. The molecule has 8 heteroatoms. The highest BCUT2D eigenvalue weighted by Gasteiger charge is 2.34. The Bertz CT molecular complexity index is 1060. The molecule has 0 amide bonds. The summed E-state index contributed by atoms with van der Waals surface area (Å²) in [5, 5.41) is 9.41. The summed E-state index contributed by atoms with van der Waals surface area (Å²) in [5.41, 5.74) is 1.54. The number of carbonyl (C=O) groups is 1. The number of piperidine rings is 1. The van der Waals surface area contributed by atoms with Crippen LogP contribution >= 0.6 is 0 Å². The van der Waals surface area contributed by atoms with Crippen LogP contribution in [0.4, 0.5) is 15.8 Å². The van der Waals surface area contributed by atoms with Crippen LogP contribution in [0.2, 0.25) is 0 Å². The van der Waals surface area contributed by atoms with Crippen molar-refractivity contribution in [3.05, 3.63) is 48.3 Å². The highest BCUT2D eigenvalue weighted by atomic mass is 19.1. The minimum Gasteiger partial charge on any atom is -0.494 e. The van der Waals surface area contributed by atoms with Crippen LogP contribution in [0.15, 0.2) is 42.5 Å². The van der Waals surface area contributed by atoms with Crippen molar-refractivity contribution in [2.24, 2.45) is 5.92 Å². The summed E-state index contributed by atoms with van der Waals surface area (Å²) >= 11 is 0. The van der Waals surface area contributed by atoms with E-state index in [2.05, 4.69) is 11.0 Å². The molecule has 0 saturated carbocycles. The Labute approximate surface area is 212 Å². The second-order valence-corrected chi connectivity index (χ2v) is 9.22. The van der Waals surface area contributed by atoms with E-state index in [0.717, 1.165) is 24.3 Å². The van der Waals surface area contributed by atoms with E-state index >= 15 is 0 Å². The van der Waals surface area contributed by atoms with Gasteiger partial charge in [0.1, 0.15) is 23.4 Å². The fraction of sp³-hybridized carbons (Fsp3) is 0.500. The van der Waals surface area contributed by atoms with Gasteiger partial charge in [-0.25, -0.2) is 4.39 Å². The molecule has 2 aliphatic heterocycles. The van der Waals surface area contributed by atoms with Crippen molar-refractivity contribution >= 4 is 17.3 Å². The molecule has 0 N–H and O–H groups in total. The fourth-order valence-electron chi connectivity index (χ4n) is 5.05. The van der Waals surface area contributed by atoms with Crippen LogP contribution < -0.4 is 19.3 Å². The number of benzene rings is 2. The maximum atomic E-state index is 14.4. The Hall–Kier alpha value is -3.47. The smallest absolute Gasteiger partial charge is 0.307 e. The van der Waals surface area contributed by atoms with Crippen LogP contribution in [-0.4, -0.2) is 51.0 Å². The molecule has 0 bridgehead atoms. The number of halogens is 1. The molecule has 4 rings (SSSR count). The Kier molecular flexibility index (Phi) is 8.52. The predicted octanol–water partition coefficient (Wildman–Crippen LogP) is 4.94. The van der Waals surface area contributed by atoms with Gasteiger partial charge in [0.15, 0.2) is 0 Å². The van der Waals surface area contributed by atoms with Crippen LogP contribution in [0.1, 0.15) is 39.5 Å². The second-order valence-electron chi connectivity index (χ2n) is 9.22. The second kappa shape index (κ2) is 12.0. The van der Waals surface area contributed by atoms with Crippen LogP contribution in [0.25, 0.3) is 0 Å². The Morgan fingerprint density at radius 2 is 1.81 bits per heavy atom. The van der Waals surface area contributed by atoms with Crippen molar-refractivity contribution in [2.75, 3.05) is 42.6 Å². The topological polar surface area (TPSA) is 75.0 Å². The molecule has 2 saturated heterocycles. The van der Waals surface area contributed by atoms with Crippen LogP contribution in [-0.2, 0) is 9.53 Å². The number of nitriles is 1. The number of ether oxygens (including phenoxy) is 3. The first-order valence-electron chi connectivity index (χ1n) is 12.8. The molecule has 2 aromatic carbocycles. The lowest BCUT2D eigenvalue weighted by molar-refractivity contribution is -0.143. The summed E-state index contributed by atoms with van der Waals surface area (Å²) in [6.45, 7) is 6.61. The average Bonchev–Trinajstić information content (AvgIpc) is 3.29. The molecule has 0 aliphatic carbocycles. The van der Waals surface area contributed by atoms with Gasteiger partial charge in [-0.2, -0.15) is 5.26 Å². The van der Waals surface area contributed by atoms with Gasteiger partial charge in [0.25, 0.3) is 0 Å². The van der Waals surface area contributed by atoms with Gasteiger partial charge in [-0.3, -0.25) is 4.79 Å². The molecule has 0 spiro atoms. The number of hydrogen-bond acceptors (Lipinski definition) is 7. The molecule has 7 nitrogen and oxygen atoms in total. The predicted molar refractivity (Wildman–Crippen MR) is 136 cm³/mol. The lowest BCUT2D eigenvalue weighted by Gasteiger charge is -2.34. The molecular formula is C28H34FN3O4. The van der Waals surface area contributed by atoms with Gasteiger partial charge in [-0.05, 0) is 56.7 Å². The normalized spacial score (nSPS) is 20.2. The van der Waals surface area contributed by atoms with Crippen LogP contribution in [0.3, 0.4) is 0 Å². The summed E-state index contributed by atoms with van der Waals surface area (Å²) in [6.07, 6.45) is 2.56. The number of nitrogens with zero attached hydrogens (tertiary/aromatic N) is 3. The first-order chi connectivity index (χ1) is 17.5. The molecule has 0 aromatic heterocycles. The minimum absolute atomic E-state index is 0.0496. The third-order valence-corrected chi connectivity index (χ3v) is 6.79. The van der Waals surface area contributed by atoms with Crippen molar-refractivity contribution < 1.29 is 23.4 Å². The largest absolute Gasteiger partial charge is 0.494 e. The van der Waals surface area contributed by atoms with Gasteiger partial charge in [-0.1, -0.05) is 0 Å². The molecule has 0 unspecified atom stereocenters. The van der Waals surface area contributed by atoms with Crippen molar-refractivity contribution in [3.63, 3.8) is 0 Å². The van der Waals surface area contributed by atoms with E-state index < -0.39 is 0 Å². The zero-order chi connectivity index (χ0) is 25.5. The Morgan fingerprint density at radius 3 is 2.47 bits per heavy atom. The standard InChI is InChI=1S/C28H34FN3O4/c1-3-34-25-9-10-26(29)27(17-25)31-13-11-24(12-14-31)36-23-7-5-21(6-8-23)32-19-20(18-30)15-22(32)16-28(33)35-4-2/h5-10,17,20,22,24H,3-4,11-16,19H2,1-2H3/t20-,22+/m0/s1. The van der Waals surface area contributed by atoms with Gasteiger partial charge >= 0.3 is 5.97 Å². The molecule has 192 valence electrons. The van der Waals surface area contributed by atoms with Crippen LogP contribution in [0, 0.1) is 23.1 Å². The maximum Gasteiger partial charge on any atom is 0.307 e. The number of esters is 1. The summed E-state index contributed by atoms with van der Waals surface area (Å²) in [6, 6.07) is 15.0. The first-order valence-corrected chi connectivity index (χ1v) is 12.8. The van der Waals surface area contributed by atoms with E-state index in [4.69, 9.17) is 14.2 Å². The third kappa shape index (κ3) is 6.20. The molecule has 2 heterocycles. The van der Waals surface area contributed by atoms with E-state index in [1.807, 2.05) is 36.1 Å². The van der Waals surface area contributed by atoms with Gasteiger partial charge in [0, 0.05) is 50.3 Å². The lowest BCUT2D eigenvalue weighted by Crippen LogP contribution is -2.38. The van der Waals surface area contributed by atoms with E-state index in [1.165, 1.54) is 6.07 Å². The molecule has 2 atom stereocenters. The summed E-state index contributed by atoms with van der Waals surface area (Å²) in [5.74, 6) is 0.873. The lowest BCUT2D eigenvalue weighted by atomic mass is 10.1. The Balaban J connectivity index is 1.33. The van der Waals surface area contributed by atoms with E-state index in [0.29, 0.717) is 50.7 Å². The molecule has 0 radical (unpaired) electrons. The van der Waals surface area contributed by atoms with Gasteiger partial charge in [0.2, 0.25) is 0 Å². The summed E-state index contributed by atoms with van der Waals surface area (Å²) in [4.78, 5) is 16.2. The summed E-state index contributed by atoms with van der Waals surface area (Å²) in [7, 11) is 0. The van der Waals surface area contributed by atoms with Crippen molar-refractivity contribution in [1.82, 2.24) is 0 Å².